The van der Waals surface area contributed by atoms with Crippen LogP contribution in [0.2, 0.25) is 5.15 Å². The van der Waals surface area contributed by atoms with Gasteiger partial charge in [0.2, 0.25) is 0 Å². The van der Waals surface area contributed by atoms with E-state index in [9.17, 15) is 0 Å². The van der Waals surface area contributed by atoms with Crippen LogP contribution >= 0.6 is 23.2 Å². The zero-order chi connectivity index (χ0) is 11.5. The van der Waals surface area contributed by atoms with Crippen LogP contribution in [0.1, 0.15) is 13.8 Å². The summed E-state index contributed by atoms with van der Waals surface area (Å²) in [7, 11) is 0. The van der Waals surface area contributed by atoms with Gasteiger partial charge in [-0.05, 0) is 5.41 Å². The first-order valence-electron chi connectivity index (χ1n) is 4.52. The highest BCUT2D eigenvalue weighted by molar-refractivity contribution is 6.32. The number of nitrogens with one attached hydrogen (secondary N) is 1. The smallest absolute Gasteiger partial charge is 0.157 e. The molecule has 1 heterocycles. The molecule has 0 bridgehead atoms. The minimum absolute atomic E-state index is 0.0224. The van der Waals surface area contributed by atoms with Crippen molar-refractivity contribution >= 4 is 34.7 Å². The van der Waals surface area contributed by atoms with Crippen LogP contribution in [0.3, 0.4) is 0 Å². The number of nitrogens with two attached hydrogens (primary N) is 1. The monoisotopic (exact) mass is 248 g/mol. The second-order valence-electron chi connectivity index (χ2n) is 4.08. The van der Waals surface area contributed by atoms with E-state index in [2.05, 4.69) is 15.3 Å². The highest BCUT2D eigenvalue weighted by Gasteiger charge is 2.17. The Morgan fingerprint density at radius 3 is 2.73 bits per heavy atom. The van der Waals surface area contributed by atoms with Crippen LogP contribution in [0.15, 0.2) is 6.33 Å². The standard InChI is InChI=1S/C9H14Cl2N4/c1-9(2,3-10)4-13-8-6(12)7(11)14-5-15-8/h5H,3-4,12H2,1-2H3,(H,13,14,15). The number of hydrogen-bond donors (Lipinski definition) is 2. The van der Waals surface area contributed by atoms with Crippen molar-refractivity contribution in [1.82, 2.24) is 9.97 Å². The molecule has 0 aliphatic rings. The van der Waals surface area contributed by atoms with E-state index in [1.807, 2.05) is 13.8 Å². The van der Waals surface area contributed by atoms with E-state index in [1.165, 1.54) is 6.33 Å². The number of anilines is 2. The first-order chi connectivity index (χ1) is 6.96. The molecule has 0 saturated heterocycles. The molecule has 1 aromatic rings. The van der Waals surface area contributed by atoms with Crippen LogP contribution in [-0.4, -0.2) is 22.4 Å². The van der Waals surface area contributed by atoms with Crippen molar-refractivity contribution in [2.24, 2.45) is 5.41 Å². The van der Waals surface area contributed by atoms with Gasteiger partial charge in [0.1, 0.15) is 12.0 Å². The topological polar surface area (TPSA) is 63.8 Å². The predicted molar refractivity (Wildman–Crippen MR) is 64.4 cm³/mol. The van der Waals surface area contributed by atoms with Gasteiger partial charge in [-0.3, -0.25) is 0 Å². The Bertz CT molecular complexity index is 341. The molecule has 0 unspecified atom stereocenters. The summed E-state index contributed by atoms with van der Waals surface area (Å²) < 4.78 is 0. The number of halogens is 2. The molecule has 1 aromatic heterocycles. The van der Waals surface area contributed by atoms with Crippen molar-refractivity contribution in [2.75, 3.05) is 23.5 Å². The fourth-order valence-corrected chi connectivity index (χ4v) is 1.11. The van der Waals surface area contributed by atoms with Crippen LogP contribution in [0.4, 0.5) is 11.5 Å². The third kappa shape index (κ3) is 3.39. The largest absolute Gasteiger partial charge is 0.393 e. The van der Waals surface area contributed by atoms with E-state index in [4.69, 9.17) is 28.9 Å². The van der Waals surface area contributed by atoms with Gasteiger partial charge in [0.05, 0.1) is 0 Å². The molecule has 0 aliphatic carbocycles. The SMILES string of the molecule is CC(C)(CCl)CNc1ncnc(Cl)c1N. The van der Waals surface area contributed by atoms with Crippen molar-refractivity contribution in [1.29, 1.82) is 0 Å². The Balaban J connectivity index is 2.70. The van der Waals surface area contributed by atoms with Crippen LogP contribution in [-0.2, 0) is 0 Å². The maximum Gasteiger partial charge on any atom is 0.157 e. The lowest BCUT2D eigenvalue weighted by atomic mass is 9.97. The van der Waals surface area contributed by atoms with Crippen LogP contribution in [0, 0.1) is 5.41 Å². The summed E-state index contributed by atoms with van der Waals surface area (Å²) in [6.07, 6.45) is 1.37. The van der Waals surface area contributed by atoms with Gasteiger partial charge in [0, 0.05) is 12.4 Å². The van der Waals surface area contributed by atoms with Gasteiger partial charge >= 0.3 is 0 Å². The first-order valence-corrected chi connectivity index (χ1v) is 5.43. The van der Waals surface area contributed by atoms with Crippen molar-refractivity contribution in [3.63, 3.8) is 0 Å². The molecule has 0 aliphatic heterocycles. The maximum atomic E-state index is 5.80. The summed E-state index contributed by atoms with van der Waals surface area (Å²) in [5, 5.41) is 3.36. The number of hydrogen-bond acceptors (Lipinski definition) is 4. The lowest BCUT2D eigenvalue weighted by molar-refractivity contribution is 0.449. The molecule has 0 atom stereocenters. The molecular weight excluding hydrogens is 235 g/mol. The quantitative estimate of drug-likeness (QED) is 0.635. The zero-order valence-electron chi connectivity index (χ0n) is 8.72. The van der Waals surface area contributed by atoms with E-state index in [0.29, 0.717) is 23.9 Å². The van der Waals surface area contributed by atoms with E-state index in [1.54, 1.807) is 0 Å². The highest BCUT2D eigenvalue weighted by Crippen LogP contribution is 2.24. The van der Waals surface area contributed by atoms with Gasteiger partial charge in [0.25, 0.3) is 0 Å². The molecule has 1 rings (SSSR count). The molecule has 6 heteroatoms. The van der Waals surface area contributed by atoms with E-state index >= 15 is 0 Å². The van der Waals surface area contributed by atoms with Crippen LogP contribution < -0.4 is 11.1 Å². The van der Waals surface area contributed by atoms with Crippen molar-refractivity contribution < 1.29 is 0 Å². The second kappa shape index (κ2) is 4.86. The third-order valence-corrected chi connectivity index (χ3v) is 2.96. The fraction of sp³-hybridized carbons (Fsp3) is 0.556. The fourth-order valence-electron chi connectivity index (χ4n) is 0.885. The Kier molecular flexibility index (Phi) is 3.99. The van der Waals surface area contributed by atoms with E-state index in [-0.39, 0.29) is 10.6 Å². The number of aromatic nitrogens is 2. The second-order valence-corrected chi connectivity index (χ2v) is 4.70. The molecule has 0 spiro atoms. The Morgan fingerprint density at radius 2 is 2.13 bits per heavy atom. The normalized spacial score (nSPS) is 11.5. The summed E-state index contributed by atoms with van der Waals surface area (Å²) >= 11 is 11.6. The summed E-state index contributed by atoms with van der Waals surface area (Å²) in [5.41, 5.74) is 6.04. The average molecular weight is 249 g/mol. The van der Waals surface area contributed by atoms with Crippen molar-refractivity contribution in [3.05, 3.63) is 11.5 Å². The molecule has 4 nitrogen and oxygen atoms in total. The average Bonchev–Trinajstić information content (AvgIpc) is 2.20. The summed E-state index contributed by atoms with van der Waals surface area (Å²) in [6.45, 7) is 4.77. The summed E-state index contributed by atoms with van der Waals surface area (Å²) in [4.78, 5) is 7.77. The molecule has 0 aromatic carbocycles. The van der Waals surface area contributed by atoms with Crippen molar-refractivity contribution in [2.45, 2.75) is 13.8 Å². The molecule has 15 heavy (non-hydrogen) atoms. The summed E-state index contributed by atoms with van der Waals surface area (Å²) in [5.74, 6) is 1.10. The van der Waals surface area contributed by atoms with Gasteiger partial charge < -0.3 is 11.1 Å². The Labute approximate surface area is 99.2 Å². The number of nitrogen functional groups attached to an aromatic ring is 1. The Hall–Kier alpha value is -0.740. The van der Waals surface area contributed by atoms with Gasteiger partial charge in [-0.1, -0.05) is 25.4 Å². The van der Waals surface area contributed by atoms with Gasteiger partial charge in [0.15, 0.2) is 11.0 Å². The zero-order valence-corrected chi connectivity index (χ0v) is 10.2. The van der Waals surface area contributed by atoms with E-state index in [0.717, 1.165) is 0 Å². The first kappa shape index (κ1) is 12.3. The molecule has 0 amide bonds. The lowest BCUT2D eigenvalue weighted by Gasteiger charge is -2.22. The van der Waals surface area contributed by atoms with Gasteiger partial charge in [-0.2, -0.15) is 0 Å². The van der Waals surface area contributed by atoms with Gasteiger partial charge in [-0.25, -0.2) is 9.97 Å². The van der Waals surface area contributed by atoms with Gasteiger partial charge in [-0.15, -0.1) is 11.6 Å². The number of rotatable bonds is 4. The lowest BCUT2D eigenvalue weighted by Crippen LogP contribution is -2.25. The van der Waals surface area contributed by atoms with Crippen molar-refractivity contribution in [3.8, 4) is 0 Å². The maximum absolute atomic E-state index is 5.80. The molecular formula is C9H14Cl2N4. The molecule has 3 N–H and O–H groups in total. The third-order valence-electron chi connectivity index (χ3n) is 1.93. The molecule has 0 fully saturated rings. The minimum atomic E-state index is -0.0224. The molecule has 0 radical (unpaired) electrons. The number of nitrogens with zero attached hydrogens (tertiary/aromatic N) is 2. The molecule has 0 saturated carbocycles. The van der Waals surface area contributed by atoms with Crippen LogP contribution in [0.5, 0.6) is 0 Å². The highest BCUT2D eigenvalue weighted by atomic mass is 35.5. The van der Waals surface area contributed by atoms with Crippen LogP contribution in [0.25, 0.3) is 0 Å². The Morgan fingerprint density at radius 1 is 1.47 bits per heavy atom. The summed E-state index contributed by atoms with van der Waals surface area (Å²) in [6, 6.07) is 0. The predicted octanol–water partition coefficient (Wildman–Crippen LogP) is 2.39. The minimum Gasteiger partial charge on any atom is -0.393 e. The van der Waals surface area contributed by atoms with E-state index < -0.39 is 0 Å². The molecule has 84 valence electrons. The number of alkyl halides is 1.